The van der Waals surface area contributed by atoms with Gasteiger partial charge in [-0.3, -0.25) is 9.59 Å². The van der Waals surface area contributed by atoms with Crippen LogP contribution in [-0.2, 0) is 14.3 Å². The summed E-state index contributed by atoms with van der Waals surface area (Å²) in [6.07, 6.45) is 3.07. The third-order valence-electron chi connectivity index (χ3n) is 2.64. The van der Waals surface area contributed by atoms with Gasteiger partial charge in [-0.05, 0) is 19.3 Å². The van der Waals surface area contributed by atoms with Crippen LogP contribution < -0.4 is 0 Å². The number of carboxylic acid groups (broad SMARTS) is 1. The number of carbonyl (C=O) groups excluding carboxylic acids is 1. The number of carbonyl (C=O) groups is 2. The molecule has 0 saturated heterocycles. The summed E-state index contributed by atoms with van der Waals surface area (Å²) in [6, 6.07) is 0. The predicted molar refractivity (Wildman–Crippen MR) is 49.7 cm³/mol. The van der Waals surface area contributed by atoms with E-state index in [1.807, 2.05) is 6.92 Å². The maximum Gasteiger partial charge on any atom is 0.309 e. The number of hydrogen-bond donors (Lipinski definition) is 1. The van der Waals surface area contributed by atoms with Gasteiger partial charge in [-0.1, -0.05) is 13.3 Å². The standard InChI is InChI=1S/C10H16O4/c1-2-3-6-14-10(13)8-5-4-7(8)9(11)12/h7-8H,2-6H2,1H3,(H,11,12)/t7-,8+/m1/s1. The maximum absolute atomic E-state index is 11.3. The molecule has 0 bridgehead atoms. The molecule has 0 amide bonds. The number of ether oxygens (including phenoxy) is 1. The van der Waals surface area contributed by atoms with Crippen LogP contribution in [-0.4, -0.2) is 23.7 Å². The molecule has 0 aromatic carbocycles. The van der Waals surface area contributed by atoms with Crippen molar-refractivity contribution < 1.29 is 19.4 Å². The molecule has 0 radical (unpaired) electrons. The van der Waals surface area contributed by atoms with Gasteiger partial charge >= 0.3 is 11.9 Å². The molecule has 1 fully saturated rings. The van der Waals surface area contributed by atoms with Crippen LogP contribution in [0.15, 0.2) is 0 Å². The average Bonchev–Trinajstić information content (AvgIpc) is 2.01. The Morgan fingerprint density at radius 2 is 2.00 bits per heavy atom. The summed E-state index contributed by atoms with van der Waals surface area (Å²) in [5.74, 6) is -2.13. The van der Waals surface area contributed by atoms with Crippen molar-refractivity contribution in [2.24, 2.45) is 11.8 Å². The molecule has 0 aromatic heterocycles. The monoisotopic (exact) mass is 200 g/mol. The molecule has 1 saturated carbocycles. The van der Waals surface area contributed by atoms with Gasteiger partial charge in [0.2, 0.25) is 0 Å². The summed E-state index contributed by atoms with van der Waals surface area (Å²) in [5, 5.41) is 8.72. The van der Waals surface area contributed by atoms with E-state index in [2.05, 4.69) is 0 Å². The van der Waals surface area contributed by atoms with Gasteiger partial charge in [0, 0.05) is 0 Å². The lowest BCUT2D eigenvalue weighted by Crippen LogP contribution is -2.39. The molecule has 1 aliphatic carbocycles. The fraction of sp³-hybridized carbons (Fsp3) is 0.800. The fourth-order valence-electron chi connectivity index (χ4n) is 1.50. The minimum atomic E-state index is -0.881. The number of unbranched alkanes of at least 4 members (excludes halogenated alkanes) is 1. The Balaban J connectivity index is 2.27. The van der Waals surface area contributed by atoms with E-state index in [0.29, 0.717) is 19.4 Å². The second-order valence-corrected chi connectivity index (χ2v) is 3.65. The molecule has 2 atom stereocenters. The van der Waals surface area contributed by atoms with Crippen molar-refractivity contribution in [2.75, 3.05) is 6.61 Å². The van der Waals surface area contributed by atoms with E-state index in [1.165, 1.54) is 0 Å². The molecule has 1 aliphatic rings. The Kier molecular flexibility index (Phi) is 3.92. The van der Waals surface area contributed by atoms with Crippen molar-refractivity contribution in [3.63, 3.8) is 0 Å². The summed E-state index contributed by atoms with van der Waals surface area (Å²) in [5.41, 5.74) is 0. The number of rotatable bonds is 5. The smallest absolute Gasteiger partial charge is 0.309 e. The van der Waals surface area contributed by atoms with Crippen LogP contribution in [0, 0.1) is 11.8 Å². The van der Waals surface area contributed by atoms with Crippen LogP contribution in [0.5, 0.6) is 0 Å². The molecule has 0 unspecified atom stereocenters. The van der Waals surface area contributed by atoms with Crippen molar-refractivity contribution >= 4 is 11.9 Å². The van der Waals surface area contributed by atoms with Crippen LogP contribution >= 0.6 is 0 Å². The topological polar surface area (TPSA) is 63.6 Å². The van der Waals surface area contributed by atoms with Gasteiger partial charge in [-0.25, -0.2) is 0 Å². The molecule has 4 heteroatoms. The quantitative estimate of drug-likeness (QED) is 0.538. The zero-order valence-electron chi connectivity index (χ0n) is 8.36. The summed E-state index contributed by atoms with van der Waals surface area (Å²) in [6.45, 7) is 2.43. The van der Waals surface area contributed by atoms with Gasteiger partial charge in [-0.15, -0.1) is 0 Å². The van der Waals surface area contributed by atoms with E-state index in [0.717, 1.165) is 12.8 Å². The Morgan fingerprint density at radius 1 is 1.36 bits per heavy atom. The molecule has 80 valence electrons. The highest BCUT2D eigenvalue weighted by Crippen LogP contribution is 2.35. The molecule has 0 aliphatic heterocycles. The lowest BCUT2D eigenvalue weighted by atomic mass is 9.74. The zero-order chi connectivity index (χ0) is 10.6. The first-order valence-corrected chi connectivity index (χ1v) is 5.06. The number of esters is 1. The molecule has 0 aromatic rings. The molecular formula is C10H16O4. The molecule has 1 rings (SSSR count). The van der Waals surface area contributed by atoms with Crippen LogP contribution in [0.1, 0.15) is 32.6 Å². The van der Waals surface area contributed by atoms with E-state index in [9.17, 15) is 9.59 Å². The SMILES string of the molecule is CCCCOC(=O)[C@H]1CC[C@H]1C(=O)O. The molecular weight excluding hydrogens is 184 g/mol. The van der Waals surface area contributed by atoms with E-state index >= 15 is 0 Å². The van der Waals surface area contributed by atoms with Gasteiger partial charge in [0.1, 0.15) is 0 Å². The Bertz CT molecular complexity index is 224. The molecule has 0 heterocycles. The highest BCUT2D eigenvalue weighted by Gasteiger charge is 2.42. The van der Waals surface area contributed by atoms with Gasteiger partial charge < -0.3 is 9.84 Å². The third kappa shape index (κ3) is 2.47. The number of carboxylic acids is 1. The minimum Gasteiger partial charge on any atom is -0.481 e. The average molecular weight is 200 g/mol. The van der Waals surface area contributed by atoms with Crippen molar-refractivity contribution in [1.82, 2.24) is 0 Å². The van der Waals surface area contributed by atoms with Crippen molar-refractivity contribution in [1.29, 1.82) is 0 Å². The first kappa shape index (κ1) is 11.0. The van der Waals surface area contributed by atoms with E-state index in [4.69, 9.17) is 9.84 Å². The van der Waals surface area contributed by atoms with Gasteiger partial charge in [0.05, 0.1) is 18.4 Å². The van der Waals surface area contributed by atoms with E-state index < -0.39 is 17.8 Å². The molecule has 14 heavy (non-hydrogen) atoms. The van der Waals surface area contributed by atoms with E-state index in [-0.39, 0.29) is 5.97 Å². The fourth-order valence-corrected chi connectivity index (χ4v) is 1.50. The summed E-state index contributed by atoms with van der Waals surface area (Å²) in [4.78, 5) is 21.9. The lowest BCUT2D eigenvalue weighted by molar-refractivity contribution is -0.164. The van der Waals surface area contributed by atoms with Crippen LogP contribution in [0.2, 0.25) is 0 Å². The van der Waals surface area contributed by atoms with Gasteiger partial charge in [0.15, 0.2) is 0 Å². The highest BCUT2D eigenvalue weighted by molar-refractivity contribution is 5.82. The van der Waals surface area contributed by atoms with Gasteiger partial charge in [-0.2, -0.15) is 0 Å². The third-order valence-corrected chi connectivity index (χ3v) is 2.64. The highest BCUT2D eigenvalue weighted by atomic mass is 16.5. The summed E-state index contributed by atoms with van der Waals surface area (Å²) >= 11 is 0. The van der Waals surface area contributed by atoms with E-state index in [1.54, 1.807) is 0 Å². The van der Waals surface area contributed by atoms with Gasteiger partial charge in [0.25, 0.3) is 0 Å². The minimum absolute atomic E-state index is 0.336. The number of hydrogen-bond acceptors (Lipinski definition) is 3. The Morgan fingerprint density at radius 3 is 2.43 bits per heavy atom. The van der Waals surface area contributed by atoms with Crippen LogP contribution in [0.25, 0.3) is 0 Å². The number of aliphatic carboxylic acids is 1. The second-order valence-electron chi connectivity index (χ2n) is 3.65. The summed E-state index contributed by atoms with van der Waals surface area (Å²) in [7, 11) is 0. The largest absolute Gasteiger partial charge is 0.481 e. The molecule has 1 N–H and O–H groups in total. The van der Waals surface area contributed by atoms with Crippen molar-refractivity contribution in [3.8, 4) is 0 Å². The normalized spacial score (nSPS) is 25.2. The summed E-state index contributed by atoms with van der Waals surface area (Å²) < 4.78 is 4.96. The van der Waals surface area contributed by atoms with Crippen molar-refractivity contribution in [2.45, 2.75) is 32.6 Å². The molecule has 0 spiro atoms. The zero-order valence-corrected chi connectivity index (χ0v) is 8.36. The molecule has 4 nitrogen and oxygen atoms in total. The predicted octanol–water partition coefficient (Wildman–Crippen LogP) is 1.44. The first-order valence-electron chi connectivity index (χ1n) is 5.06. The first-order chi connectivity index (χ1) is 6.66. The maximum atomic E-state index is 11.3. The lowest BCUT2D eigenvalue weighted by Gasteiger charge is -2.30. The Labute approximate surface area is 83.2 Å². The Hall–Kier alpha value is -1.06. The second kappa shape index (κ2) is 4.98. The van der Waals surface area contributed by atoms with Crippen LogP contribution in [0.3, 0.4) is 0 Å². The van der Waals surface area contributed by atoms with Crippen molar-refractivity contribution in [3.05, 3.63) is 0 Å². The van der Waals surface area contributed by atoms with Crippen LogP contribution in [0.4, 0.5) is 0 Å².